The van der Waals surface area contributed by atoms with Crippen LogP contribution in [0.15, 0.2) is 0 Å². The molecule has 1 aromatic rings. The van der Waals surface area contributed by atoms with Crippen molar-refractivity contribution in [3.8, 4) is 0 Å². The summed E-state index contributed by atoms with van der Waals surface area (Å²) in [7, 11) is 2.22. The molecule has 4 heteroatoms. The fourth-order valence-electron chi connectivity index (χ4n) is 2.31. The van der Waals surface area contributed by atoms with Crippen molar-refractivity contribution in [3.05, 3.63) is 15.6 Å². The fraction of sp³-hybridized carbons (Fsp3) is 0.769. The minimum Gasteiger partial charge on any atom is -0.314 e. The fourth-order valence-corrected chi connectivity index (χ4v) is 3.76. The van der Waals surface area contributed by atoms with Crippen LogP contribution in [0.25, 0.3) is 0 Å². The van der Waals surface area contributed by atoms with Crippen LogP contribution in [0.3, 0.4) is 0 Å². The molecule has 96 valence electrons. The van der Waals surface area contributed by atoms with Crippen molar-refractivity contribution in [2.75, 3.05) is 26.7 Å². The Morgan fingerprint density at radius 2 is 2.29 bits per heavy atom. The zero-order chi connectivity index (χ0) is 12.4. The van der Waals surface area contributed by atoms with E-state index in [-0.39, 0.29) is 0 Å². The highest BCUT2D eigenvalue weighted by atomic mass is 32.1. The van der Waals surface area contributed by atoms with Gasteiger partial charge in [0.05, 0.1) is 16.7 Å². The van der Waals surface area contributed by atoms with Crippen molar-refractivity contribution in [1.82, 2.24) is 15.2 Å². The summed E-state index contributed by atoms with van der Waals surface area (Å²) in [4.78, 5) is 8.62. The monoisotopic (exact) mass is 253 g/mol. The Morgan fingerprint density at radius 3 is 2.94 bits per heavy atom. The maximum Gasteiger partial charge on any atom is 0.0934 e. The van der Waals surface area contributed by atoms with Crippen LogP contribution in [0.5, 0.6) is 0 Å². The summed E-state index contributed by atoms with van der Waals surface area (Å²) >= 11 is 1.91. The van der Waals surface area contributed by atoms with Gasteiger partial charge in [0.15, 0.2) is 0 Å². The normalized spacial score (nSPS) is 22.3. The molecule has 1 unspecified atom stereocenters. The maximum absolute atomic E-state index is 4.72. The summed E-state index contributed by atoms with van der Waals surface area (Å²) in [6.07, 6.45) is 1.11. The molecule has 0 spiro atoms. The summed E-state index contributed by atoms with van der Waals surface area (Å²) < 4.78 is 0. The predicted octanol–water partition coefficient (Wildman–Crippen LogP) is 2.23. The highest BCUT2D eigenvalue weighted by Crippen LogP contribution is 2.30. The highest BCUT2D eigenvalue weighted by Gasteiger charge is 2.24. The summed E-state index contributed by atoms with van der Waals surface area (Å²) in [6.45, 7) is 9.94. The number of hydrogen-bond donors (Lipinski definition) is 1. The Morgan fingerprint density at radius 1 is 1.53 bits per heavy atom. The van der Waals surface area contributed by atoms with Crippen molar-refractivity contribution in [2.24, 2.45) is 5.92 Å². The number of nitrogens with zero attached hydrogens (tertiary/aromatic N) is 2. The van der Waals surface area contributed by atoms with Gasteiger partial charge in [0.25, 0.3) is 0 Å². The lowest BCUT2D eigenvalue weighted by Gasteiger charge is -2.32. The van der Waals surface area contributed by atoms with Crippen LogP contribution >= 0.6 is 11.3 Å². The summed E-state index contributed by atoms with van der Waals surface area (Å²) in [5.74, 6) is 0.690. The van der Waals surface area contributed by atoms with Crippen LogP contribution in [0.4, 0.5) is 0 Å². The van der Waals surface area contributed by atoms with Crippen LogP contribution in [0, 0.1) is 12.8 Å². The molecule has 2 rings (SSSR count). The van der Waals surface area contributed by atoms with Gasteiger partial charge in [-0.05, 0) is 19.9 Å². The van der Waals surface area contributed by atoms with Crippen molar-refractivity contribution < 1.29 is 0 Å². The quantitative estimate of drug-likeness (QED) is 0.895. The van der Waals surface area contributed by atoms with Crippen molar-refractivity contribution in [3.63, 3.8) is 0 Å². The molecule has 1 aliphatic rings. The molecule has 0 radical (unpaired) electrons. The molecule has 1 aliphatic heterocycles. The van der Waals surface area contributed by atoms with E-state index < -0.39 is 0 Å². The Bertz CT molecular complexity index is 373. The Kier molecular flexibility index (Phi) is 4.17. The van der Waals surface area contributed by atoms with Crippen molar-refractivity contribution in [1.29, 1.82) is 0 Å². The zero-order valence-electron chi connectivity index (χ0n) is 11.3. The average molecular weight is 253 g/mol. The van der Waals surface area contributed by atoms with E-state index in [1.165, 1.54) is 15.6 Å². The minimum absolute atomic E-state index is 0.516. The van der Waals surface area contributed by atoms with E-state index in [9.17, 15) is 0 Å². The lowest BCUT2D eigenvalue weighted by Crippen LogP contribution is -2.43. The molecule has 0 bridgehead atoms. The van der Waals surface area contributed by atoms with E-state index in [0.717, 1.165) is 26.1 Å². The standard InChI is InChI=1S/C13H23N3S/c1-9(2)7-12-15-10(3)13(17-12)11-8-14-5-6-16(11)4/h9,11,14H,5-8H2,1-4H3. The first kappa shape index (κ1) is 13.0. The summed E-state index contributed by atoms with van der Waals surface area (Å²) in [5, 5.41) is 4.78. The van der Waals surface area contributed by atoms with Gasteiger partial charge in [0.1, 0.15) is 0 Å². The van der Waals surface area contributed by atoms with Crippen molar-refractivity contribution in [2.45, 2.75) is 33.2 Å². The molecule has 2 heterocycles. The molecule has 1 fully saturated rings. The first-order chi connectivity index (χ1) is 8.08. The minimum atomic E-state index is 0.516. The summed E-state index contributed by atoms with van der Waals surface area (Å²) in [5.41, 5.74) is 1.23. The second-order valence-corrected chi connectivity index (χ2v) is 6.47. The van der Waals surface area contributed by atoms with Gasteiger partial charge in [-0.3, -0.25) is 4.90 Å². The lowest BCUT2D eigenvalue weighted by atomic mass is 10.1. The number of hydrogen-bond acceptors (Lipinski definition) is 4. The molecule has 0 amide bonds. The van der Waals surface area contributed by atoms with Crippen LogP contribution in [0.1, 0.15) is 35.5 Å². The van der Waals surface area contributed by atoms with Gasteiger partial charge in [-0.2, -0.15) is 0 Å². The Balaban J connectivity index is 2.16. The van der Waals surface area contributed by atoms with Crippen LogP contribution in [0.2, 0.25) is 0 Å². The molecule has 1 aromatic heterocycles. The molecule has 1 saturated heterocycles. The van der Waals surface area contributed by atoms with E-state index in [0.29, 0.717) is 12.0 Å². The van der Waals surface area contributed by atoms with Gasteiger partial charge < -0.3 is 5.32 Å². The SMILES string of the molecule is Cc1nc(CC(C)C)sc1C1CNCCN1C. The van der Waals surface area contributed by atoms with Crippen LogP contribution < -0.4 is 5.32 Å². The molecule has 0 aromatic carbocycles. The molecule has 17 heavy (non-hydrogen) atoms. The first-order valence-electron chi connectivity index (χ1n) is 6.45. The van der Waals surface area contributed by atoms with E-state index in [1.807, 2.05) is 11.3 Å². The Labute approximate surface area is 108 Å². The third-order valence-corrected chi connectivity index (χ3v) is 4.55. The second-order valence-electron chi connectivity index (χ2n) is 5.36. The van der Waals surface area contributed by atoms with Gasteiger partial charge in [0.2, 0.25) is 0 Å². The number of thiazole rings is 1. The molecule has 0 saturated carbocycles. The van der Waals surface area contributed by atoms with Gasteiger partial charge in [-0.1, -0.05) is 13.8 Å². The van der Waals surface area contributed by atoms with E-state index in [2.05, 4.69) is 38.0 Å². The van der Waals surface area contributed by atoms with Crippen LogP contribution in [-0.2, 0) is 6.42 Å². The third kappa shape index (κ3) is 3.06. The number of rotatable bonds is 3. The largest absolute Gasteiger partial charge is 0.314 e. The average Bonchev–Trinajstić information content (AvgIpc) is 2.59. The first-order valence-corrected chi connectivity index (χ1v) is 7.26. The predicted molar refractivity (Wildman–Crippen MR) is 73.6 cm³/mol. The molecular formula is C13H23N3S. The molecule has 1 N–H and O–H groups in total. The molecule has 3 nitrogen and oxygen atoms in total. The van der Waals surface area contributed by atoms with Gasteiger partial charge in [-0.25, -0.2) is 4.98 Å². The number of piperazine rings is 1. The smallest absolute Gasteiger partial charge is 0.0934 e. The topological polar surface area (TPSA) is 28.2 Å². The van der Waals surface area contributed by atoms with Crippen LogP contribution in [-0.4, -0.2) is 36.6 Å². The lowest BCUT2D eigenvalue weighted by molar-refractivity contribution is 0.204. The molecule has 0 aliphatic carbocycles. The van der Waals surface area contributed by atoms with Gasteiger partial charge in [-0.15, -0.1) is 11.3 Å². The third-order valence-electron chi connectivity index (χ3n) is 3.27. The number of aryl methyl sites for hydroxylation is 1. The number of likely N-dealkylation sites (N-methyl/N-ethyl adjacent to an activating group) is 1. The number of aromatic nitrogens is 1. The van der Waals surface area contributed by atoms with E-state index >= 15 is 0 Å². The van der Waals surface area contributed by atoms with E-state index in [4.69, 9.17) is 4.98 Å². The van der Waals surface area contributed by atoms with Gasteiger partial charge >= 0.3 is 0 Å². The highest BCUT2D eigenvalue weighted by molar-refractivity contribution is 7.11. The van der Waals surface area contributed by atoms with E-state index in [1.54, 1.807) is 0 Å². The Hall–Kier alpha value is -0.450. The van der Waals surface area contributed by atoms with Crippen molar-refractivity contribution >= 4 is 11.3 Å². The molecule has 1 atom stereocenters. The zero-order valence-corrected chi connectivity index (χ0v) is 12.1. The number of nitrogens with one attached hydrogen (secondary N) is 1. The maximum atomic E-state index is 4.72. The molecular weight excluding hydrogens is 230 g/mol. The second kappa shape index (κ2) is 5.46. The summed E-state index contributed by atoms with van der Waals surface area (Å²) in [6, 6.07) is 0.516. The van der Waals surface area contributed by atoms with Gasteiger partial charge in [0, 0.05) is 30.9 Å².